The number of carbonyl (C=O) groups excluding carboxylic acids is 1. The van der Waals surface area contributed by atoms with E-state index >= 15 is 0 Å². The number of carbonyl (C=O) groups is 2. The van der Waals surface area contributed by atoms with E-state index in [0.29, 0.717) is 0 Å². The second-order valence-electron chi connectivity index (χ2n) is 5.99. The third kappa shape index (κ3) is 4.48. The number of amides is 1. The zero-order valence-electron chi connectivity index (χ0n) is 13.8. The lowest BCUT2D eigenvalue weighted by Gasteiger charge is -2.20. The molecule has 0 saturated heterocycles. The number of thiophene rings is 1. The van der Waals surface area contributed by atoms with Crippen molar-refractivity contribution in [2.24, 2.45) is 0 Å². The van der Waals surface area contributed by atoms with Gasteiger partial charge in [0.05, 0.1) is 4.90 Å². The smallest absolute Gasteiger partial charge is 0.323 e. The summed E-state index contributed by atoms with van der Waals surface area (Å²) in [6.45, 7) is -0.152. The number of carboxylic acids is 1. The van der Waals surface area contributed by atoms with Gasteiger partial charge in [-0.05, 0) is 48.6 Å². The van der Waals surface area contributed by atoms with Crippen molar-refractivity contribution in [1.82, 2.24) is 9.62 Å². The van der Waals surface area contributed by atoms with Gasteiger partial charge < -0.3 is 10.0 Å². The first-order valence-corrected chi connectivity index (χ1v) is 10.4. The Bertz CT molecular complexity index is 888. The number of carboxylic acid groups (broad SMARTS) is 1. The van der Waals surface area contributed by atoms with Crippen molar-refractivity contribution in [3.8, 4) is 0 Å². The van der Waals surface area contributed by atoms with Gasteiger partial charge in [0.1, 0.15) is 6.54 Å². The Morgan fingerprint density at radius 2 is 1.88 bits per heavy atom. The minimum atomic E-state index is -3.68. The summed E-state index contributed by atoms with van der Waals surface area (Å²) >= 11 is 1.46. The predicted octanol–water partition coefficient (Wildman–Crippen LogP) is 1.92. The number of aliphatic carboxylic acids is 1. The molecule has 138 valence electrons. The van der Waals surface area contributed by atoms with E-state index in [2.05, 4.69) is 4.72 Å². The van der Waals surface area contributed by atoms with Gasteiger partial charge >= 0.3 is 5.97 Å². The van der Waals surface area contributed by atoms with Crippen molar-refractivity contribution in [1.29, 1.82) is 0 Å². The van der Waals surface area contributed by atoms with Crippen molar-refractivity contribution >= 4 is 33.2 Å². The lowest BCUT2D eigenvalue weighted by Crippen LogP contribution is -2.37. The van der Waals surface area contributed by atoms with E-state index in [0.717, 1.165) is 17.7 Å². The van der Waals surface area contributed by atoms with Crippen LogP contribution in [-0.2, 0) is 21.4 Å². The van der Waals surface area contributed by atoms with Crippen molar-refractivity contribution in [2.45, 2.75) is 30.3 Å². The van der Waals surface area contributed by atoms with Crippen LogP contribution in [0.2, 0.25) is 0 Å². The summed E-state index contributed by atoms with van der Waals surface area (Å²) in [5.41, 5.74) is 0.273. The zero-order chi connectivity index (χ0) is 18.7. The molecule has 3 rings (SSSR count). The molecule has 1 aliphatic rings. The first-order valence-electron chi connectivity index (χ1n) is 8.02. The van der Waals surface area contributed by atoms with Gasteiger partial charge in [-0.25, -0.2) is 13.1 Å². The first kappa shape index (κ1) is 18.6. The average molecular weight is 394 g/mol. The molecule has 1 fully saturated rings. The fourth-order valence-electron chi connectivity index (χ4n) is 2.50. The molecule has 0 atom stereocenters. The molecule has 1 aliphatic carbocycles. The Morgan fingerprint density at radius 1 is 1.19 bits per heavy atom. The number of hydrogen-bond acceptors (Lipinski definition) is 5. The van der Waals surface area contributed by atoms with Crippen molar-refractivity contribution < 1.29 is 23.1 Å². The molecule has 1 aromatic heterocycles. The summed E-state index contributed by atoms with van der Waals surface area (Å²) in [5, 5.41) is 10.8. The van der Waals surface area contributed by atoms with Gasteiger partial charge in [-0.15, -0.1) is 11.3 Å². The highest BCUT2D eigenvalue weighted by atomic mass is 32.2. The summed E-state index contributed by atoms with van der Waals surface area (Å²) < 4.78 is 27.2. The average Bonchev–Trinajstić information content (AvgIpc) is 3.32. The molecular weight excluding hydrogens is 376 g/mol. The van der Waals surface area contributed by atoms with E-state index in [1.165, 1.54) is 40.5 Å². The van der Waals surface area contributed by atoms with Crippen LogP contribution < -0.4 is 4.72 Å². The monoisotopic (exact) mass is 394 g/mol. The molecule has 2 aromatic rings. The highest BCUT2D eigenvalue weighted by Gasteiger charge is 2.34. The van der Waals surface area contributed by atoms with Gasteiger partial charge in [-0.3, -0.25) is 9.59 Å². The fraction of sp³-hybridized carbons (Fsp3) is 0.294. The summed E-state index contributed by atoms with van der Waals surface area (Å²) in [4.78, 5) is 25.7. The number of nitrogens with one attached hydrogen (secondary N) is 1. The minimum Gasteiger partial charge on any atom is -0.480 e. The van der Waals surface area contributed by atoms with Crippen LogP contribution in [0.1, 0.15) is 28.1 Å². The number of nitrogens with zero attached hydrogens (tertiary/aromatic N) is 1. The van der Waals surface area contributed by atoms with E-state index in [1.807, 2.05) is 17.5 Å². The van der Waals surface area contributed by atoms with Crippen LogP contribution in [0.25, 0.3) is 0 Å². The Balaban J connectivity index is 1.70. The molecule has 0 unspecified atom stereocenters. The quantitative estimate of drug-likeness (QED) is 0.712. The molecule has 0 spiro atoms. The number of benzene rings is 1. The topological polar surface area (TPSA) is 104 Å². The third-order valence-electron chi connectivity index (χ3n) is 3.98. The predicted molar refractivity (Wildman–Crippen MR) is 96.5 cm³/mol. The van der Waals surface area contributed by atoms with E-state index < -0.39 is 21.9 Å². The van der Waals surface area contributed by atoms with Gasteiger partial charge in [-0.2, -0.15) is 0 Å². The normalized spacial score (nSPS) is 14.2. The van der Waals surface area contributed by atoms with Crippen LogP contribution in [0.3, 0.4) is 0 Å². The molecule has 26 heavy (non-hydrogen) atoms. The first-order chi connectivity index (χ1) is 12.4. The Kier molecular flexibility index (Phi) is 5.40. The van der Waals surface area contributed by atoms with Gasteiger partial charge in [-0.1, -0.05) is 6.07 Å². The Hall–Kier alpha value is -2.23. The second kappa shape index (κ2) is 7.56. The molecule has 1 heterocycles. The molecular formula is C17H18N2O5S2. The summed E-state index contributed by atoms with van der Waals surface area (Å²) in [6.07, 6.45) is 1.58. The molecule has 0 aliphatic heterocycles. The standard InChI is InChI=1S/C17H18N2O5S2/c20-16(21)11-19(13-5-6-13)17(22)12-3-7-15(8-4-12)26(23,24)18-10-14-2-1-9-25-14/h1-4,7-9,13,18H,5-6,10-11H2,(H,20,21). The van der Waals surface area contributed by atoms with Crippen LogP contribution in [0.5, 0.6) is 0 Å². The van der Waals surface area contributed by atoms with Crippen LogP contribution in [-0.4, -0.2) is 42.9 Å². The fourth-order valence-corrected chi connectivity index (χ4v) is 4.25. The highest BCUT2D eigenvalue weighted by molar-refractivity contribution is 7.89. The second-order valence-corrected chi connectivity index (χ2v) is 8.79. The third-order valence-corrected chi connectivity index (χ3v) is 6.28. The number of rotatable bonds is 8. The van der Waals surface area contributed by atoms with Gasteiger partial charge in [0, 0.05) is 23.0 Å². The summed E-state index contributed by atoms with van der Waals surface area (Å²) in [7, 11) is -3.68. The van der Waals surface area contributed by atoms with Crippen LogP contribution in [0, 0.1) is 0 Å². The molecule has 1 amide bonds. The number of sulfonamides is 1. The van der Waals surface area contributed by atoms with Crippen molar-refractivity contribution in [3.05, 3.63) is 52.2 Å². The SMILES string of the molecule is O=C(O)CN(C(=O)c1ccc(S(=O)(=O)NCc2cccs2)cc1)C1CC1. The molecule has 0 bridgehead atoms. The maximum Gasteiger partial charge on any atom is 0.323 e. The summed E-state index contributed by atoms with van der Waals surface area (Å²) in [5.74, 6) is -1.47. The Labute approximate surface area is 155 Å². The lowest BCUT2D eigenvalue weighted by molar-refractivity contribution is -0.137. The van der Waals surface area contributed by atoms with Gasteiger partial charge in [0.15, 0.2) is 0 Å². The zero-order valence-corrected chi connectivity index (χ0v) is 15.4. The highest BCUT2D eigenvalue weighted by Crippen LogP contribution is 2.28. The van der Waals surface area contributed by atoms with Crippen molar-refractivity contribution in [3.63, 3.8) is 0 Å². The molecule has 1 aromatic carbocycles. The van der Waals surface area contributed by atoms with E-state index in [4.69, 9.17) is 5.11 Å². The molecule has 0 radical (unpaired) electrons. The number of hydrogen-bond donors (Lipinski definition) is 2. The van der Waals surface area contributed by atoms with E-state index in [9.17, 15) is 18.0 Å². The largest absolute Gasteiger partial charge is 0.480 e. The van der Waals surface area contributed by atoms with Gasteiger partial charge in [0.2, 0.25) is 10.0 Å². The van der Waals surface area contributed by atoms with E-state index in [-0.39, 0.29) is 29.6 Å². The Morgan fingerprint density at radius 3 is 2.42 bits per heavy atom. The molecule has 9 heteroatoms. The maximum absolute atomic E-state index is 12.5. The van der Waals surface area contributed by atoms with Crippen molar-refractivity contribution in [2.75, 3.05) is 6.54 Å². The molecule has 1 saturated carbocycles. The minimum absolute atomic E-state index is 0.0468. The van der Waals surface area contributed by atoms with E-state index in [1.54, 1.807) is 0 Å². The lowest BCUT2D eigenvalue weighted by atomic mass is 10.2. The molecule has 7 nitrogen and oxygen atoms in total. The van der Waals surface area contributed by atoms with Crippen LogP contribution in [0.4, 0.5) is 0 Å². The molecule has 2 N–H and O–H groups in total. The maximum atomic E-state index is 12.5. The van der Waals surface area contributed by atoms with Crippen LogP contribution >= 0.6 is 11.3 Å². The summed E-state index contributed by atoms with van der Waals surface area (Å²) in [6, 6.07) is 9.18. The van der Waals surface area contributed by atoms with Gasteiger partial charge in [0.25, 0.3) is 5.91 Å². The van der Waals surface area contributed by atoms with Crippen LogP contribution in [0.15, 0.2) is 46.7 Å².